The van der Waals surface area contributed by atoms with E-state index in [0.29, 0.717) is 11.8 Å². The highest BCUT2D eigenvalue weighted by atomic mass is 16.2. The number of rotatable bonds is 3. The van der Waals surface area contributed by atoms with E-state index in [-0.39, 0.29) is 11.3 Å². The lowest BCUT2D eigenvalue weighted by Crippen LogP contribution is -2.44. The monoisotopic (exact) mass is 330 g/mol. The van der Waals surface area contributed by atoms with Gasteiger partial charge in [0.05, 0.1) is 11.1 Å². The number of hydrogen-bond acceptors (Lipinski definition) is 3. The third-order valence-corrected chi connectivity index (χ3v) is 6.65. The summed E-state index contributed by atoms with van der Waals surface area (Å²) in [6.07, 6.45) is 11.1. The molecule has 0 radical (unpaired) electrons. The molecule has 2 N–H and O–H groups in total. The Kier molecular flexibility index (Phi) is 4.37. The van der Waals surface area contributed by atoms with Gasteiger partial charge in [-0.25, -0.2) is 0 Å². The molecule has 3 fully saturated rings. The first-order valence-corrected chi connectivity index (χ1v) is 9.75. The van der Waals surface area contributed by atoms with Gasteiger partial charge in [0.25, 0.3) is 0 Å². The van der Waals surface area contributed by atoms with E-state index in [1.807, 2.05) is 11.7 Å². The Morgan fingerprint density at radius 3 is 2.88 bits per heavy atom. The minimum Gasteiger partial charge on any atom is -0.315 e. The zero-order chi connectivity index (χ0) is 16.6. The fourth-order valence-electron chi connectivity index (χ4n) is 5.14. The fourth-order valence-corrected chi connectivity index (χ4v) is 5.14. The molecule has 132 valence electrons. The van der Waals surface area contributed by atoms with E-state index in [0.717, 1.165) is 31.0 Å². The van der Waals surface area contributed by atoms with Crippen molar-refractivity contribution >= 4 is 11.7 Å². The summed E-state index contributed by atoms with van der Waals surface area (Å²) in [5.41, 5.74) is 0.961. The summed E-state index contributed by atoms with van der Waals surface area (Å²) in [6.45, 7) is 1.82. The molecular weight excluding hydrogens is 300 g/mol. The van der Waals surface area contributed by atoms with Gasteiger partial charge >= 0.3 is 0 Å². The molecule has 0 spiro atoms. The molecular formula is C19H30N4O. The van der Waals surface area contributed by atoms with Crippen LogP contribution < -0.4 is 10.6 Å². The van der Waals surface area contributed by atoms with Crippen molar-refractivity contribution in [2.24, 2.45) is 18.4 Å². The second-order valence-electron chi connectivity index (χ2n) is 8.10. The van der Waals surface area contributed by atoms with Crippen LogP contribution in [-0.2, 0) is 11.8 Å². The van der Waals surface area contributed by atoms with Crippen LogP contribution in [0, 0.1) is 11.3 Å². The van der Waals surface area contributed by atoms with E-state index in [4.69, 9.17) is 5.10 Å². The Morgan fingerprint density at radius 2 is 2.04 bits per heavy atom. The summed E-state index contributed by atoms with van der Waals surface area (Å²) in [5.74, 6) is 2.14. The summed E-state index contributed by atoms with van der Waals surface area (Å²) in [6, 6.07) is 2.12. The van der Waals surface area contributed by atoms with E-state index >= 15 is 0 Å². The molecule has 2 heterocycles. The third-order valence-electron chi connectivity index (χ3n) is 6.65. The number of carbonyl (C=O) groups excluding carboxylic acids is 1. The van der Waals surface area contributed by atoms with Crippen molar-refractivity contribution in [1.29, 1.82) is 0 Å². The highest BCUT2D eigenvalue weighted by Gasteiger charge is 2.50. The van der Waals surface area contributed by atoms with Crippen molar-refractivity contribution in [3.8, 4) is 0 Å². The van der Waals surface area contributed by atoms with Gasteiger partial charge in [0.1, 0.15) is 5.82 Å². The Hall–Kier alpha value is -1.36. The molecule has 0 aromatic carbocycles. The first-order chi connectivity index (χ1) is 11.7. The SMILES string of the molecule is Cn1nc(C2CCCCC2)cc1NC(=O)[C@@]12CCCC[C@H]1CNC2. The molecule has 1 amide bonds. The summed E-state index contributed by atoms with van der Waals surface area (Å²) in [4.78, 5) is 13.1. The predicted molar refractivity (Wildman–Crippen MR) is 94.9 cm³/mol. The lowest BCUT2D eigenvalue weighted by Gasteiger charge is -2.37. The highest BCUT2D eigenvalue weighted by Crippen LogP contribution is 2.44. The van der Waals surface area contributed by atoms with Gasteiger partial charge in [0.2, 0.25) is 5.91 Å². The van der Waals surface area contributed by atoms with Crippen LogP contribution in [0.4, 0.5) is 5.82 Å². The predicted octanol–water partition coefficient (Wildman–Crippen LogP) is 3.19. The Morgan fingerprint density at radius 1 is 1.25 bits per heavy atom. The quantitative estimate of drug-likeness (QED) is 0.895. The number of amides is 1. The van der Waals surface area contributed by atoms with Gasteiger partial charge in [-0.15, -0.1) is 0 Å². The molecule has 0 bridgehead atoms. The molecule has 0 unspecified atom stereocenters. The summed E-state index contributed by atoms with van der Waals surface area (Å²) in [7, 11) is 1.95. The minimum atomic E-state index is -0.201. The number of aryl methyl sites for hydroxylation is 1. The number of anilines is 1. The molecule has 1 aliphatic heterocycles. The van der Waals surface area contributed by atoms with Gasteiger partial charge < -0.3 is 10.6 Å². The molecule has 2 saturated carbocycles. The number of fused-ring (bicyclic) bond motifs is 1. The van der Waals surface area contributed by atoms with Crippen molar-refractivity contribution in [2.45, 2.75) is 63.7 Å². The van der Waals surface area contributed by atoms with Gasteiger partial charge in [0, 0.05) is 25.6 Å². The number of carbonyl (C=O) groups is 1. The molecule has 1 aromatic heterocycles. The van der Waals surface area contributed by atoms with Crippen molar-refractivity contribution in [3.63, 3.8) is 0 Å². The highest BCUT2D eigenvalue weighted by molar-refractivity contribution is 5.95. The first kappa shape index (κ1) is 16.1. The Bertz CT molecular complexity index is 605. The molecule has 24 heavy (non-hydrogen) atoms. The molecule has 5 nitrogen and oxygen atoms in total. The maximum absolute atomic E-state index is 13.1. The Labute approximate surface area is 144 Å². The molecule has 3 aliphatic rings. The maximum Gasteiger partial charge on any atom is 0.233 e. The standard InChI is InChI=1S/C19H30N4O/c1-23-17(11-16(22-23)14-7-3-2-4-8-14)21-18(24)19-10-6-5-9-15(19)12-20-13-19/h11,14-15,20H,2-10,12-13H2,1H3,(H,21,24)/t15-,19+/m0/s1. The van der Waals surface area contributed by atoms with Crippen LogP contribution in [0.15, 0.2) is 6.07 Å². The molecule has 5 heteroatoms. The second kappa shape index (κ2) is 6.51. The summed E-state index contributed by atoms with van der Waals surface area (Å²) in [5, 5.41) is 11.4. The number of aromatic nitrogens is 2. The van der Waals surface area contributed by atoms with E-state index in [9.17, 15) is 4.79 Å². The summed E-state index contributed by atoms with van der Waals surface area (Å²) >= 11 is 0. The molecule has 1 saturated heterocycles. The number of hydrogen-bond donors (Lipinski definition) is 2. The zero-order valence-electron chi connectivity index (χ0n) is 14.8. The second-order valence-corrected chi connectivity index (χ2v) is 8.10. The van der Waals surface area contributed by atoms with Crippen LogP contribution in [0.5, 0.6) is 0 Å². The smallest absolute Gasteiger partial charge is 0.233 e. The first-order valence-electron chi connectivity index (χ1n) is 9.75. The average molecular weight is 330 g/mol. The summed E-state index contributed by atoms with van der Waals surface area (Å²) < 4.78 is 1.86. The fraction of sp³-hybridized carbons (Fsp3) is 0.789. The number of nitrogens with zero attached hydrogens (tertiary/aromatic N) is 2. The maximum atomic E-state index is 13.1. The van der Waals surface area contributed by atoms with Gasteiger partial charge in [-0.1, -0.05) is 32.1 Å². The van der Waals surface area contributed by atoms with Crippen molar-refractivity contribution in [1.82, 2.24) is 15.1 Å². The van der Waals surface area contributed by atoms with Crippen LogP contribution in [0.1, 0.15) is 69.4 Å². The van der Waals surface area contributed by atoms with Crippen molar-refractivity contribution in [3.05, 3.63) is 11.8 Å². The van der Waals surface area contributed by atoms with Gasteiger partial charge in [0.15, 0.2) is 0 Å². The topological polar surface area (TPSA) is 59.0 Å². The van der Waals surface area contributed by atoms with Gasteiger partial charge in [-0.2, -0.15) is 5.10 Å². The normalized spacial score (nSPS) is 31.0. The Balaban J connectivity index is 1.50. The van der Waals surface area contributed by atoms with Crippen molar-refractivity contribution < 1.29 is 4.79 Å². The lowest BCUT2D eigenvalue weighted by molar-refractivity contribution is -0.128. The zero-order valence-corrected chi connectivity index (χ0v) is 14.8. The molecule has 4 rings (SSSR count). The van der Waals surface area contributed by atoms with Crippen LogP contribution >= 0.6 is 0 Å². The van der Waals surface area contributed by atoms with E-state index in [2.05, 4.69) is 16.7 Å². The molecule has 1 aromatic rings. The lowest BCUT2D eigenvalue weighted by atomic mass is 9.67. The van der Waals surface area contributed by atoms with Gasteiger partial charge in [-0.3, -0.25) is 9.48 Å². The third kappa shape index (κ3) is 2.77. The van der Waals surface area contributed by atoms with E-state index in [1.54, 1.807) is 0 Å². The van der Waals surface area contributed by atoms with E-state index < -0.39 is 0 Å². The molecule has 2 aliphatic carbocycles. The largest absolute Gasteiger partial charge is 0.315 e. The van der Waals surface area contributed by atoms with Crippen LogP contribution in [0.2, 0.25) is 0 Å². The van der Waals surface area contributed by atoms with Crippen LogP contribution in [-0.4, -0.2) is 28.8 Å². The van der Waals surface area contributed by atoms with E-state index in [1.165, 1.54) is 51.4 Å². The van der Waals surface area contributed by atoms with Gasteiger partial charge in [-0.05, 0) is 38.1 Å². The average Bonchev–Trinajstić information content (AvgIpc) is 3.20. The minimum absolute atomic E-state index is 0.201. The van der Waals surface area contributed by atoms with Crippen LogP contribution in [0.25, 0.3) is 0 Å². The number of nitrogens with one attached hydrogen (secondary N) is 2. The van der Waals surface area contributed by atoms with Crippen LogP contribution in [0.3, 0.4) is 0 Å². The molecule has 2 atom stereocenters. The van der Waals surface area contributed by atoms with Crippen molar-refractivity contribution in [2.75, 3.05) is 18.4 Å².